The van der Waals surface area contributed by atoms with Gasteiger partial charge in [0.2, 0.25) is 0 Å². The molecule has 1 aliphatic carbocycles. The maximum atomic E-state index is 13.5. The SMILES string of the molecule is Cn1c(=O)cc2c3c(c(Nc4cc(C(=O)[O-])cc(C(=O)[O-])c4)ccc31)C(=O)c1ccccc1-2.[Na+].[Na+]. The third-order valence-electron chi connectivity index (χ3n) is 5.78. The van der Waals surface area contributed by atoms with Gasteiger partial charge in [-0.3, -0.25) is 9.59 Å². The summed E-state index contributed by atoms with van der Waals surface area (Å²) in [5.74, 6) is -3.38. The molecule has 1 aliphatic rings. The second kappa shape index (κ2) is 10.1. The molecule has 8 nitrogen and oxygen atoms in total. The molecule has 0 aliphatic heterocycles. The fourth-order valence-electron chi connectivity index (χ4n) is 4.25. The number of ketones is 1. The van der Waals surface area contributed by atoms with Crippen LogP contribution in [0, 0.1) is 0 Å². The van der Waals surface area contributed by atoms with Crippen molar-refractivity contribution in [2.75, 3.05) is 5.32 Å². The van der Waals surface area contributed by atoms with E-state index in [9.17, 15) is 29.4 Å². The van der Waals surface area contributed by atoms with Gasteiger partial charge in [0.1, 0.15) is 0 Å². The number of nitrogens with zero attached hydrogens (tertiary/aromatic N) is 1. The average Bonchev–Trinajstić information content (AvgIpc) is 2.80. The van der Waals surface area contributed by atoms with Crippen molar-refractivity contribution in [2.24, 2.45) is 7.05 Å². The number of hydrogen-bond acceptors (Lipinski definition) is 7. The van der Waals surface area contributed by atoms with Gasteiger partial charge in [-0.15, -0.1) is 0 Å². The first-order valence-corrected chi connectivity index (χ1v) is 9.92. The zero-order chi connectivity index (χ0) is 23.4. The molecule has 10 heteroatoms. The maximum Gasteiger partial charge on any atom is 1.00 e. The predicted molar refractivity (Wildman–Crippen MR) is 116 cm³/mol. The number of carbonyl (C=O) groups excluding carboxylic acids is 3. The smallest absolute Gasteiger partial charge is 0.545 e. The Morgan fingerprint density at radius 2 is 1.40 bits per heavy atom. The van der Waals surface area contributed by atoms with Gasteiger partial charge < -0.3 is 29.7 Å². The minimum atomic E-state index is -1.55. The van der Waals surface area contributed by atoms with Gasteiger partial charge in [0.25, 0.3) is 5.56 Å². The van der Waals surface area contributed by atoms with Gasteiger partial charge in [-0.2, -0.15) is 0 Å². The van der Waals surface area contributed by atoms with Crippen LogP contribution in [-0.2, 0) is 7.05 Å². The molecular formula is C25H14N2Na2O6. The second-order valence-electron chi connectivity index (χ2n) is 7.71. The Morgan fingerprint density at radius 3 is 2.00 bits per heavy atom. The van der Waals surface area contributed by atoms with Crippen LogP contribution >= 0.6 is 0 Å². The fraction of sp³-hybridized carbons (Fsp3) is 0.0400. The largest absolute Gasteiger partial charge is 1.00 e. The van der Waals surface area contributed by atoms with E-state index in [0.717, 1.165) is 6.07 Å². The molecule has 0 spiro atoms. The summed E-state index contributed by atoms with van der Waals surface area (Å²) in [5.41, 5.74) is 2.06. The van der Waals surface area contributed by atoms with Crippen molar-refractivity contribution in [1.82, 2.24) is 4.57 Å². The van der Waals surface area contributed by atoms with Crippen LogP contribution in [-0.4, -0.2) is 22.3 Å². The quantitative estimate of drug-likeness (QED) is 0.254. The van der Waals surface area contributed by atoms with E-state index >= 15 is 0 Å². The minimum absolute atomic E-state index is 0. The van der Waals surface area contributed by atoms with Crippen molar-refractivity contribution in [3.63, 3.8) is 0 Å². The summed E-state index contributed by atoms with van der Waals surface area (Å²) < 4.78 is 1.44. The zero-order valence-corrected chi connectivity index (χ0v) is 23.2. The van der Waals surface area contributed by atoms with Crippen LogP contribution in [0.5, 0.6) is 0 Å². The number of carboxylic acid groups (broad SMARTS) is 2. The number of nitrogens with one attached hydrogen (secondary N) is 1. The van der Waals surface area contributed by atoms with Crippen molar-refractivity contribution >= 4 is 40.0 Å². The fourth-order valence-corrected chi connectivity index (χ4v) is 4.25. The van der Waals surface area contributed by atoms with Crippen molar-refractivity contribution in [3.8, 4) is 11.1 Å². The number of anilines is 2. The number of aryl methyl sites for hydroxylation is 1. The van der Waals surface area contributed by atoms with Gasteiger partial charge in [-0.05, 0) is 52.6 Å². The number of hydrogen-bond donors (Lipinski definition) is 1. The molecule has 0 fully saturated rings. The molecule has 1 N–H and O–H groups in total. The average molecular weight is 484 g/mol. The van der Waals surface area contributed by atoms with Crippen LogP contribution in [0.4, 0.5) is 11.4 Å². The Labute approximate surface area is 243 Å². The third kappa shape index (κ3) is 4.49. The number of carboxylic acids is 2. The molecule has 5 rings (SSSR count). The number of benzene rings is 3. The predicted octanol–water partition coefficient (Wildman–Crippen LogP) is -4.77. The first-order chi connectivity index (χ1) is 15.8. The molecule has 0 saturated heterocycles. The van der Waals surface area contributed by atoms with Crippen LogP contribution in [0.15, 0.2) is 65.5 Å². The van der Waals surface area contributed by atoms with Crippen LogP contribution < -0.4 is 80.2 Å². The number of carbonyl (C=O) groups is 3. The summed E-state index contributed by atoms with van der Waals surface area (Å²) in [6.07, 6.45) is 0. The Balaban J connectivity index is 0.00000171. The first-order valence-electron chi connectivity index (χ1n) is 9.92. The van der Waals surface area contributed by atoms with Crippen molar-refractivity contribution in [2.45, 2.75) is 0 Å². The molecule has 0 radical (unpaired) electrons. The number of rotatable bonds is 4. The Hall–Kier alpha value is -2.72. The topological polar surface area (TPSA) is 131 Å². The van der Waals surface area contributed by atoms with Gasteiger partial charge in [-0.1, -0.05) is 24.3 Å². The minimum Gasteiger partial charge on any atom is -0.545 e. The molecule has 0 atom stereocenters. The number of fused-ring (bicyclic) bond motifs is 2. The van der Waals surface area contributed by atoms with Crippen molar-refractivity contribution in [3.05, 3.63) is 93.3 Å². The number of aromatic nitrogens is 1. The molecular weight excluding hydrogens is 470 g/mol. The summed E-state index contributed by atoms with van der Waals surface area (Å²) in [6, 6.07) is 15.1. The van der Waals surface area contributed by atoms with Crippen LogP contribution in [0.2, 0.25) is 0 Å². The van der Waals surface area contributed by atoms with Gasteiger partial charge in [0, 0.05) is 29.8 Å². The van der Waals surface area contributed by atoms with Gasteiger partial charge in [0.15, 0.2) is 5.78 Å². The van der Waals surface area contributed by atoms with E-state index in [4.69, 9.17) is 0 Å². The Kier molecular flexibility index (Phi) is 7.76. The maximum absolute atomic E-state index is 13.5. The van der Waals surface area contributed by atoms with Gasteiger partial charge in [0.05, 0.1) is 28.7 Å². The number of aromatic carboxylic acids is 2. The molecule has 35 heavy (non-hydrogen) atoms. The summed E-state index contributed by atoms with van der Waals surface area (Å²) in [6.45, 7) is 0. The summed E-state index contributed by atoms with van der Waals surface area (Å²) in [5, 5.41) is 26.2. The Morgan fingerprint density at radius 1 is 0.800 bits per heavy atom. The van der Waals surface area contributed by atoms with E-state index in [0.29, 0.717) is 38.8 Å². The van der Waals surface area contributed by atoms with Crippen molar-refractivity contribution in [1.29, 1.82) is 0 Å². The van der Waals surface area contributed by atoms with Crippen LogP contribution in [0.25, 0.3) is 22.0 Å². The number of pyridine rings is 1. The summed E-state index contributed by atoms with van der Waals surface area (Å²) in [4.78, 5) is 48.8. The molecule has 0 saturated carbocycles. The van der Waals surface area contributed by atoms with E-state index < -0.39 is 11.9 Å². The van der Waals surface area contributed by atoms with Crippen LogP contribution in [0.3, 0.4) is 0 Å². The van der Waals surface area contributed by atoms with Crippen molar-refractivity contribution < 1.29 is 83.7 Å². The summed E-state index contributed by atoms with van der Waals surface area (Å²) >= 11 is 0. The van der Waals surface area contributed by atoms with E-state index in [2.05, 4.69) is 5.32 Å². The first kappa shape index (κ1) is 26.9. The standard InChI is InChI=1S/C25H16N2O6.2Na/c1-27-19-7-6-18(26-14-9-12(24(30)31)8-13(10-14)25(32)33)22-21(19)17(11-20(27)28)15-4-2-3-5-16(15)23(22)29;;/h2-11,26H,1H3,(H,30,31)(H,32,33);;/q;2*+1/p-2. The Bertz CT molecular complexity index is 1580. The third-order valence-corrected chi connectivity index (χ3v) is 5.78. The molecule has 0 amide bonds. The van der Waals surface area contributed by atoms with E-state index in [-0.39, 0.29) is 87.3 Å². The molecule has 4 aromatic rings. The second-order valence-corrected chi connectivity index (χ2v) is 7.71. The molecule has 0 bridgehead atoms. The normalized spacial score (nSPS) is 11.2. The van der Waals surface area contributed by atoms with E-state index in [1.165, 1.54) is 22.8 Å². The zero-order valence-electron chi connectivity index (χ0n) is 19.2. The van der Waals surface area contributed by atoms with E-state index in [1.54, 1.807) is 43.4 Å². The molecule has 3 aromatic carbocycles. The molecule has 1 heterocycles. The molecule has 0 unspecified atom stereocenters. The van der Waals surface area contributed by atoms with Crippen LogP contribution in [0.1, 0.15) is 36.6 Å². The van der Waals surface area contributed by atoms with Gasteiger partial charge in [-0.25, -0.2) is 0 Å². The van der Waals surface area contributed by atoms with E-state index in [1.807, 2.05) is 0 Å². The molecule has 162 valence electrons. The summed E-state index contributed by atoms with van der Waals surface area (Å²) in [7, 11) is 1.61. The monoisotopic (exact) mass is 484 g/mol. The van der Waals surface area contributed by atoms with Gasteiger partial charge >= 0.3 is 59.1 Å². The molecule has 1 aromatic heterocycles.